The van der Waals surface area contributed by atoms with Gasteiger partial charge in [-0.25, -0.2) is 0 Å². The summed E-state index contributed by atoms with van der Waals surface area (Å²) in [6, 6.07) is 9.43. The number of amides is 3. The highest BCUT2D eigenvalue weighted by Crippen LogP contribution is 2.35. The van der Waals surface area contributed by atoms with E-state index in [0.29, 0.717) is 34.4 Å². The summed E-state index contributed by atoms with van der Waals surface area (Å²) < 4.78 is 15.7. The van der Waals surface area contributed by atoms with Crippen molar-refractivity contribution in [2.45, 2.75) is 13.8 Å². The maximum atomic E-state index is 12.8. The van der Waals surface area contributed by atoms with E-state index in [2.05, 4.69) is 5.32 Å². The fourth-order valence-electron chi connectivity index (χ4n) is 3.00. The van der Waals surface area contributed by atoms with Crippen LogP contribution in [0.3, 0.4) is 0 Å². The van der Waals surface area contributed by atoms with Crippen molar-refractivity contribution >= 4 is 58.1 Å². The number of carbonyl (C=O) groups is 4. The number of carbonyl (C=O) groups excluding carboxylic acids is 4. The summed E-state index contributed by atoms with van der Waals surface area (Å²) in [7, 11) is 1.47. The Kier molecular flexibility index (Phi) is 8.19. The highest BCUT2D eigenvalue weighted by Gasteiger charge is 2.36. The molecule has 3 rings (SSSR count). The third-order valence-corrected chi connectivity index (χ3v) is 5.63. The van der Waals surface area contributed by atoms with Crippen molar-refractivity contribution in [3.63, 3.8) is 0 Å². The normalized spacial score (nSPS) is 14.4. The molecule has 0 spiro atoms. The lowest BCUT2D eigenvalue weighted by molar-refractivity contribution is -0.132. The van der Waals surface area contributed by atoms with Gasteiger partial charge < -0.3 is 19.5 Å². The number of anilines is 1. The van der Waals surface area contributed by atoms with Gasteiger partial charge in [0.2, 0.25) is 5.91 Å². The van der Waals surface area contributed by atoms with E-state index in [4.69, 9.17) is 25.8 Å². The minimum atomic E-state index is -0.597. The first-order chi connectivity index (χ1) is 16.2. The smallest absolute Gasteiger partial charge is 0.308 e. The van der Waals surface area contributed by atoms with Gasteiger partial charge in [-0.3, -0.25) is 24.1 Å². The molecule has 0 bridgehead atoms. The predicted octanol–water partition coefficient (Wildman–Crippen LogP) is 4.35. The third kappa shape index (κ3) is 6.09. The van der Waals surface area contributed by atoms with Crippen molar-refractivity contribution in [2.24, 2.45) is 0 Å². The topological polar surface area (TPSA) is 111 Å². The Labute approximate surface area is 205 Å². The zero-order valence-corrected chi connectivity index (χ0v) is 20.1. The number of benzene rings is 2. The van der Waals surface area contributed by atoms with Crippen molar-refractivity contribution in [1.29, 1.82) is 0 Å². The van der Waals surface area contributed by atoms with E-state index >= 15 is 0 Å². The molecule has 3 amide bonds. The number of esters is 1. The summed E-state index contributed by atoms with van der Waals surface area (Å²) in [5, 5.41) is 2.34. The Morgan fingerprint density at radius 2 is 1.85 bits per heavy atom. The number of imide groups is 1. The van der Waals surface area contributed by atoms with Crippen LogP contribution in [-0.2, 0) is 14.4 Å². The van der Waals surface area contributed by atoms with Gasteiger partial charge in [-0.05, 0) is 60.7 Å². The van der Waals surface area contributed by atoms with Crippen LogP contribution in [0.4, 0.5) is 10.5 Å². The van der Waals surface area contributed by atoms with Crippen LogP contribution in [0.15, 0.2) is 41.3 Å². The SMILES string of the molecule is CCOc1cc(/C=C2/SC(=O)N(CC(=O)Nc3ccc(OC)c(Cl)c3)C2=O)ccc1OC(C)=O. The number of ether oxygens (including phenoxy) is 3. The number of nitrogens with one attached hydrogen (secondary N) is 1. The molecule has 0 radical (unpaired) electrons. The molecule has 1 aliphatic heterocycles. The highest BCUT2D eigenvalue weighted by molar-refractivity contribution is 8.18. The predicted molar refractivity (Wildman–Crippen MR) is 128 cm³/mol. The molecule has 0 atom stereocenters. The zero-order valence-electron chi connectivity index (χ0n) is 18.5. The molecule has 0 aliphatic carbocycles. The second-order valence-electron chi connectivity index (χ2n) is 6.90. The maximum Gasteiger partial charge on any atom is 0.308 e. The van der Waals surface area contributed by atoms with Gasteiger partial charge in [-0.1, -0.05) is 17.7 Å². The van der Waals surface area contributed by atoms with Crippen LogP contribution in [0.5, 0.6) is 17.2 Å². The molecule has 11 heteroatoms. The molecule has 0 unspecified atom stereocenters. The van der Waals surface area contributed by atoms with Gasteiger partial charge >= 0.3 is 5.97 Å². The first-order valence-corrected chi connectivity index (χ1v) is 11.2. The number of thioether (sulfide) groups is 1. The maximum absolute atomic E-state index is 12.8. The molecule has 2 aromatic carbocycles. The molecule has 1 heterocycles. The van der Waals surface area contributed by atoms with Crippen LogP contribution in [0.25, 0.3) is 6.08 Å². The van der Waals surface area contributed by atoms with E-state index in [1.807, 2.05) is 0 Å². The summed E-state index contributed by atoms with van der Waals surface area (Å²) in [5.74, 6) is -0.638. The van der Waals surface area contributed by atoms with E-state index in [0.717, 1.165) is 16.7 Å². The number of hydrogen-bond acceptors (Lipinski definition) is 8. The fourth-order valence-corrected chi connectivity index (χ4v) is 4.09. The van der Waals surface area contributed by atoms with Crippen molar-refractivity contribution in [2.75, 3.05) is 25.6 Å². The molecule has 178 valence electrons. The Morgan fingerprint density at radius 3 is 2.50 bits per heavy atom. The number of halogens is 1. The van der Waals surface area contributed by atoms with E-state index < -0.39 is 29.6 Å². The van der Waals surface area contributed by atoms with E-state index in [-0.39, 0.29) is 10.7 Å². The van der Waals surface area contributed by atoms with E-state index in [1.54, 1.807) is 31.2 Å². The van der Waals surface area contributed by atoms with Crippen molar-refractivity contribution in [3.8, 4) is 17.2 Å². The minimum Gasteiger partial charge on any atom is -0.495 e. The monoisotopic (exact) mass is 504 g/mol. The molecule has 2 aromatic rings. The van der Waals surface area contributed by atoms with Crippen molar-refractivity contribution in [1.82, 2.24) is 4.90 Å². The van der Waals surface area contributed by atoms with Gasteiger partial charge in [0.1, 0.15) is 12.3 Å². The first kappa shape index (κ1) is 25.1. The minimum absolute atomic E-state index is 0.146. The summed E-state index contributed by atoms with van der Waals surface area (Å²) in [6.07, 6.45) is 1.51. The standard InChI is InChI=1S/C23H21ClN2O7S/c1-4-32-19-9-14(5-7-18(19)33-13(2)27)10-20-22(29)26(23(30)34-20)12-21(28)25-15-6-8-17(31-3)16(24)11-15/h5-11H,4,12H2,1-3H3,(H,25,28)/b20-10+. The molecule has 1 N–H and O–H groups in total. The van der Waals surface area contributed by atoms with Gasteiger partial charge in [-0.15, -0.1) is 0 Å². The van der Waals surface area contributed by atoms with Gasteiger partial charge in [0.25, 0.3) is 11.1 Å². The molecular weight excluding hydrogens is 484 g/mol. The quantitative estimate of drug-likeness (QED) is 0.321. The number of hydrogen-bond donors (Lipinski definition) is 1. The largest absolute Gasteiger partial charge is 0.495 e. The van der Waals surface area contributed by atoms with Gasteiger partial charge in [0, 0.05) is 12.6 Å². The lowest BCUT2D eigenvalue weighted by Crippen LogP contribution is -2.36. The van der Waals surface area contributed by atoms with E-state index in [1.165, 1.54) is 32.2 Å². The summed E-state index contributed by atoms with van der Waals surface area (Å²) in [4.78, 5) is 49.8. The van der Waals surface area contributed by atoms with Crippen molar-refractivity contribution in [3.05, 3.63) is 51.9 Å². The van der Waals surface area contributed by atoms with Gasteiger partial charge in [0.05, 0.1) is 23.6 Å². The molecule has 9 nitrogen and oxygen atoms in total. The molecule has 0 aromatic heterocycles. The second kappa shape index (κ2) is 11.1. The highest BCUT2D eigenvalue weighted by atomic mass is 35.5. The van der Waals surface area contributed by atoms with Crippen LogP contribution in [0.1, 0.15) is 19.4 Å². The van der Waals surface area contributed by atoms with Crippen LogP contribution in [0, 0.1) is 0 Å². The number of rotatable bonds is 8. The Hall–Kier alpha value is -3.50. The average molecular weight is 505 g/mol. The number of methoxy groups -OCH3 is 1. The lowest BCUT2D eigenvalue weighted by Gasteiger charge is -2.13. The fraction of sp³-hybridized carbons (Fsp3) is 0.217. The zero-order chi connectivity index (χ0) is 24.8. The summed E-state index contributed by atoms with van der Waals surface area (Å²) in [6.45, 7) is 2.93. The van der Waals surface area contributed by atoms with Crippen LogP contribution in [-0.4, -0.2) is 48.2 Å². The van der Waals surface area contributed by atoms with Crippen LogP contribution in [0.2, 0.25) is 5.02 Å². The van der Waals surface area contributed by atoms with E-state index in [9.17, 15) is 19.2 Å². The van der Waals surface area contributed by atoms with Crippen molar-refractivity contribution < 1.29 is 33.4 Å². The third-order valence-electron chi connectivity index (χ3n) is 4.43. The van der Waals surface area contributed by atoms with Gasteiger partial charge in [0.15, 0.2) is 11.5 Å². The summed E-state index contributed by atoms with van der Waals surface area (Å²) in [5.41, 5.74) is 0.955. The van der Waals surface area contributed by atoms with Crippen LogP contribution < -0.4 is 19.5 Å². The molecule has 1 fully saturated rings. The molecule has 34 heavy (non-hydrogen) atoms. The first-order valence-electron chi connectivity index (χ1n) is 10.1. The average Bonchev–Trinajstić information content (AvgIpc) is 3.03. The molecular formula is C23H21ClN2O7S. The number of nitrogens with zero attached hydrogens (tertiary/aromatic N) is 1. The molecule has 1 saturated heterocycles. The molecule has 0 saturated carbocycles. The lowest BCUT2D eigenvalue weighted by atomic mass is 10.2. The Balaban J connectivity index is 1.72. The second-order valence-corrected chi connectivity index (χ2v) is 8.30. The Morgan fingerprint density at radius 1 is 1.12 bits per heavy atom. The summed E-state index contributed by atoms with van der Waals surface area (Å²) >= 11 is 6.77. The molecule has 1 aliphatic rings. The Bertz CT molecular complexity index is 1180. The van der Waals surface area contributed by atoms with Crippen LogP contribution >= 0.6 is 23.4 Å². The van der Waals surface area contributed by atoms with Gasteiger partial charge in [-0.2, -0.15) is 0 Å².